The minimum atomic E-state index is -0.504. The Bertz CT molecular complexity index is 554. The van der Waals surface area contributed by atoms with Crippen LogP contribution >= 0.6 is 11.8 Å². The van der Waals surface area contributed by atoms with E-state index in [-0.39, 0.29) is 23.4 Å². The van der Waals surface area contributed by atoms with Crippen molar-refractivity contribution in [3.63, 3.8) is 0 Å². The van der Waals surface area contributed by atoms with Crippen molar-refractivity contribution in [2.75, 3.05) is 24.3 Å². The number of carbonyl (C=O) groups excluding carboxylic acids is 2. The summed E-state index contributed by atoms with van der Waals surface area (Å²) in [5, 5.41) is 2.48. The van der Waals surface area contributed by atoms with Gasteiger partial charge in [-0.2, -0.15) is 4.99 Å². The number of nitrogens with zero attached hydrogens (tertiary/aromatic N) is 2. The van der Waals surface area contributed by atoms with E-state index in [1.165, 1.54) is 0 Å². The van der Waals surface area contributed by atoms with E-state index >= 15 is 0 Å². The number of carbonyl (C=O) groups is 2. The quantitative estimate of drug-likeness (QED) is 0.865. The van der Waals surface area contributed by atoms with Crippen molar-refractivity contribution >= 4 is 40.1 Å². The second-order valence-corrected chi connectivity index (χ2v) is 5.81. The van der Waals surface area contributed by atoms with Crippen LogP contribution in [-0.4, -0.2) is 36.3 Å². The zero-order valence-corrected chi connectivity index (χ0v) is 12.1. The van der Waals surface area contributed by atoms with E-state index in [1.54, 1.807) is 0 Å². The highest BCUT2D eigenvalue weighted by Crippen LogP contribution is 2.23. The molecule has 0 aromatic heterocycles. The van der Waals surface area contributed by atoms with Crippen molar-refractivity contribution in [2.24, 2.45) is 10.7 Å². The summed E-state index contributed by atoms with van der Waals surface area (Å²) in [5.74, 6) is -0.566. The van der Waals surface area contributed by atoms with Gasteiger partial charge >= 0.3 is 0 Å². The second-order valence-electron chi connectivity index (χ2n) is 4.59. The van der Waals surface area contributed by atoms with Crippen LogP contribution in [0.1, 0.15) is 6.42 Å². The van der Waals surface area contributed by atoms with Crippen molar-refractivity contribution in [3.05, 3.63) is 24.3 Å². The smallest absolute Gasteiger partial charge is 0.262 e. The van der Waals surface area contributed by atoms with Gasteiger partial charge in [0.25, 0.3) is 5.91 Å². The van der Waals surface area contributed by atoms with Gasteiger partial charge in [0.15, 0.2) is 5.17 Å². The van der Waals surface area contributed by atoms with Gasteiger partial charge in [-0.15, -0.1) is 0 Å². The third-order valence-electron chi connectivity index (χ3n) is 2.80. The number of amides is 2. The summed E-state index contributed by atoms with van der Waals surface area (Å²) in [5.41, 5.74) is 7.19. The third kappa shape index (κ3) is 3.51. The van der Waals surface area contributed by atoms with Crippen LogP contribution in [0.15, 0.2) is 29.3 Å². The summed E-state index contributed by atoms with van der Waals surface area (Å²) in [6, 6.07) is 7.46. The number of hydrogen-bond donors (Lipinski definition) is 2. The molecule has 0 fully saturated rings. The van der Waals surface area contributed by atoms with E-state index in [4.69, 9.17) is 5.73 Å². The van der Waals surface area contributed by atoms with E-state index in [2.05, 4.69) is 10.3 Å². The van der Waals surface area contributed by atoms with Crippen molar-refractivity contribution in [2.45, 2.75) is 11.7 Å². The summed E-state index contributed by atoms with van der Waals surface area (Å²) in [7, 11) is 3.89. The molecule has 2 amide bonds. The highest BCUT2D eigenvalue weighted by molar-refractivity contribution is 8.15. The SMILES string of the molecule is CN(C)c1ccc(NC(=O)C[C@H]2SC(N)=NC2=O)cc1. The molecule has 3 N–H and O–H groups in total. The molecular weight excluding hydrogens is 276 g/mol. The molecular formula is C13H16N4O2S. The molecule has 1 aromatic rings. The molecule has 1 heterocycles. The van der Waals surface area contributed by atoms with Gasteiger partial charge in [0.05, 0.1) is 0 Å². The van der Waals surface area contributed by atoms with E-state index < -0.39 is 5.25 Å². The fourth-order valence-electron chi connectivity index (χ4n) is 1.76. The first-order valence-electron chi connectivity index (χ1n) is 6.07. The summed E-state index contributed by atoms with van der Waals surface area (Å²) in [4.78, 5) is 28.8. The molecule has 0 saturated carbocycles. The predicted molar refractivity (Wildman–Crippen MR) is 82.0 cm³/mol. The van der Waals surface area contributed by atoms with E-state index in [0.717, 1.165) is 17.4 Å². The summed E-state index contributed by atoms with van der Waals surface area (Å²) in [6.45, 7) is 0. The van der Waals surface area contributed by atoms with Crippen LogP contribution in [0.3, 0.4) is 0 Å². The minimum absolute atomic E-state index is 0.0726. The van der Waals surface area contributed by atoms with Crippen molar-refractivity contribution in [3.8, 4) is 0 Å². The standard InChI is InChI=1S/C13H16N4O2S/c1-17(2)9-5-3-8(4-6-9)15-11(18)7-10-12(19)16-13(14)20-10/h3-6,10H,7H2,1-2H3,(H,15,18)(H2,14,16,19)/t10-/m1/s1. The van der Waals surface area contributed by atoms with Gasteiger partial charge in [-0.05, 0) is 24.3 Å². The fourth-order valence-corrected chi connectivity index (χ4v) is 2.58. The average molecular weight is 292 g/mol. The first-order chi connectivity index (χ1) is 9.45. The Balaban J connectivity index is 1.90. The molecule has 1 aliphatic heterocycles. The topological polar surface area (TPSA) is 87.8 Å². The van der Waals surface area contributed by atoms with Crippen LogP contribution < -0.4 is 16.0 Å². The molecule has 7 heteroatoms. The minimum Gasteiger partial charge on any atom is -0.378 e. The number of nitrogens with one attached hydrogen (secondary N) is 1. The van der Waals surface area contributed by atoms with E-state index in [1.807, 2.05) is 43.3 Å². The first kappa shape index (κ1) is 14.4. The van der Waals surface area contributed by atoms with Gasteiger partial charge in [-0.3, -0.25) is 9.59 Å². The Morgan fingerprint density at radius 1 is 1.40 bits per heavy atom. The number of benzene rings is 1. The van der Waals surface area contributed by atoms with Crippen LogP contribution in [0, 0.1) is 0 Å². The summed E-state index contributed by atoms with van der Waals surface area (Å²) < 4.78 is 0. The van der Waals surface area contributed by atoms with Gasteiger partial charge in [-0.25, -0.2) is 0 Å². The maximum atomic E-state index is 11.9. The second kappa shape index (κ2) is 5.96. The maximum Gasteiger partial charge on any atom is 0.262 e. The number of thioether (sulfide) groups is 1. The van der Waals surface area contributed by atoms with E-state index in [9.17, 15) is 9.59 Å². The lowest BCUT2D eigenvalue weighted by atomic mass is 10.2. The predicted octanol–water partition coefficient (Wildman–Crippen LogP) is 1.04. The van der Waals surface area contributed by atoms with Crippen LogP contribution in [0.5, 0.6) is 0 Å². The molecule has 1 aromatic carbocycles. The molecule has 1 aliphatic rings. The molecule has 0 aliphatic carbocycles. The number of hydrogen-bond acceptors (Lipinski definition) is 5. The van der Waals surface area contributed by atoms with Crippen LogP contribution in [-0.2, 0) is 9.59 Å². The maximum absolute atomic E-state index is 11.9. The normalized spacial score (nSPS) is 17.8. The Hall–Kier alpha value is -2.02. The van der Waals surface area contributed by atoms with Gasteiger partial charge in [0, 0.05) is 31.9 Å². The summed E-state index contributed by atoms with van der Waals surface area (Å²) in [6.07, 6.45) is 0.0726. The Morgan fingerprint density at radius 2 is 2.05 bits per heavy atom. The zero-order valence-electron chi connectivity index (χ0n) is 11.3. The first-order valence-corrected chi connectivity index (χ1v) is 6.95. The number of aliphatic imine (C=N–C) groups is 1. The fraction of sp³-hybridized carbons (Fsp3) is 0.308. The van der Waals surface area contributed by atoms with Crippen LogP contribution in [0.25, 0.3) is 0 Å². The lowest BCUT2D eigenvalue weighted by Crippen LogP contribution is -2.21. The molecule has 0 unspecified atom stereocenters. The van der Waals surface area contributed by atoms with Crippen LogP contribution in [0.4, 0.5) is 11.4 Å². The molecule has 0 spiro atoms. The monoisotopic (exact) mass is 292 g/mol. The highest BCUT2D eigenvalue weighted by Gasteiger charge is 2.29. The highest BCUT2D eigenvalue weighted by atomic mass is 32.2. The molecule has 20 heavy (non-hydrogen) atoms. The Kier molecular flexibility index (Phi) is 4.29. The number of anilines is 2. The average Bonchev–Trinajstić information content (AvgIpc) is 2.68. The lowest BCUT2D eigenvalue weighted by molar-refractivity contribution is -0.121. The lowest BCUT2D eigenvalue weighted by Gasteiger charge is -2.13. The van der Waals surface area contributed by atoms with Crippen molar-refractivity contribution < 1.29 is 9.59 Å². The molecule has 0 radical (unpaired) electrons. The molecule has 6 nitrogen and oxygen atoms in total. The van der Waals surface area contributed by atoms with Crippen molar-refractivity contribution in [1.82, 2.24) is 0 Å². The molecule has 106 valence electrons. The summed E-state index contributed by atoms with van der Waals surface area (Å²) >= 11 is 1.13. The molecule has 2 rings (SSSR count). The number of amidine groups is 1. The molecule has 1 atom stereocenters. The van der Waals surface area contributed by atoms with Crippen LogP contribution in [0.2, 0.25) is 0 Å². The largest absolute Gasteiger partial charge is 0.378 e. The Labute approximate surface area is 121 Å². The number of nitrogens with two attached hydrogens (primary N) is 1. The molecule has 0 saturated heterocycles. The van der Waals surface area contributed by atoms with Gasteiger partial charge in [0.1, 0.15) is 5.25 Å². The van der Waals surface area contributed by atoms with Gasteiger partial charge in [-0.1, -0.05) is 11.8 Å². The Morgan fingerprint density at radius 3 is 2.55 bits per heavy atom. The third-order valence-corrected chi connectivity index (χ3v) is 3.78. The number of rotatable bonds is 4. The van der Waals surface area contributed by atoms with Gasteiger partial charge in [0.2, 0.25) is 5.91 Å². The zero-order chi connectivity index (χ0) is 14.7. The van der Waals surface area contributed by atoms with Gasteiger partial charge < -0.3 is 16.0 Å². The van der Waals surface area contributed by atoms with Crippen molar-refractivity contribution in [1.29, 1.82) is 0 Å². The van der Waals surface area contributed by atoms with E-state index in [0.29, 0.717) is 5.69 Å². The molecule has 0 bridgehead atoms.